The standard InChI is InChI=1S/C20H27N3O2S/c21-9-4-12-25-18-7-10-23(11-8-18)20(24)14-17-15-26-19(22-17)13-16-5-2-1-3-6-16/h1-3,5-6,15,18H,4,7-14,21H2. The largest absolute Gasteiger partial charge is 0.378 e. The molecule has 1 fully saturated rings. The minimum Gasteiger partial charge on any atom is -0.378 e. The van der Waals surface area contributed by atoms with Crippen LogP contribution in [0.3, 0.4) is 0 Å². The Labute approximate surface area is 159 Å². The molecule has 0 atom stereocenters. The highest BCUT2D eigenvalue weighted by molar-refractivity contribution is 7.09. The van der Waals surface area contributed by atoms with Gasteiger partial charge < -0.3 is 15.4 Å². The third kappa shape index (κ3) is 5.62. The second-order valence-electron chi connectivity index (χ2n) is 6.66. The third-order valence-corrected chi connectivity index (χ3v) is 5.52. The number of amides is 1. The summed E-state index contributed by atoms with van der Waals surface area (Å²) in [5.41, 5.74) is 7.61. The van der Waals surface area contributed by atoms with E-state index < -0.39 is 0 Å². The predicted octanol–water partition coefficient (Wildman–Crippen LogP) is 2.63. The molecule has 6 heteroatoms. The SMILES string of the molecule is NCCCOC1CCN(C(=O)Cc2csc(Cc3ccccc3)n2)CC1. The zero-order chi connectivity index (χ0) is 18.2. The lowest BCUT2D eigenvalue weighted by molar-refractivity contribution is -0.133. The molecular weight excluding hydrogens is 346 g/mol. The van der Waals surface area contributed by atoms with Crippen molar-refractivity contribution in [1.29, 1.82) is 0 Å². The number of hydrogen-bond acceptors (Lipinski definition) is 5. The van der Waals surface area contributed by atoms with Crippen molar-refractivity contribution in [3.63, 3.8) is 0 Å². The fourth-order valence-electron chi connectivity index (χ4n) is 3.15. The van der Waals surface area contributed by atoms with Crippen molar-refractivity contribution >= 4 is 17.2 Å². The maximum absolute atomic E-state index is 12.5. The van der Waals surface area contributed by atoms with Crippen LogP contribution in [0.25, 0.3) is 0 Å². The van der Waals surface area contributed by atoms with Gasteiger partial charge in [0.2, 0.25) is 5.91 Å². The van der Waals surface area contributed by atoms with Crippen molar-refractivity contribution in [2.75, 3.05) is 26.2 Å². The number of hydrogen-bond donors (Lipinski definition) is 1. The molecule has 26 heavy (non-hydrogen) atoms. The fourth-order valence-corrected chi connectivity index (χ4v) is 3.98. The number of rotatable bonds is 8. The Morgan fingerprint density at radius 2 is 2.04 bits per heavy atom. The molecule has 1 aliphatic heterocycles. The van der Waals surface area contributed by atoms with Gasteiger partial charge in [-0.1, -0.05) is 30.3 Å². The Balaban J connectivity index is 1.44. The lowest BCUT2D eigenvalue weighted by Crippen LogP contribution is -2.41. The number of nitrogens with two attached hydrogens (primary N) is 1. The van der Waals surface area contributed by atoms with Crippen molar-refractivity contribution in [2.45, 2.75) is 38.2 Å². The summed E-state index contributed by atoms with van der Waals surface area (Å²) in [5, 5.41) is 3.07. The van der Waals surface area contributed by atoms with Crippen LogP contribution in [0.2, 0.25) is 0 Å². The quantitative estimate of drug-likeness (QED) is 0.722. The first-order valence-electron chi connectivity index (χ1n) is 9.31. The van der Waals surface area contributed by atoms with E-state index >= 15 is 0 Å². The Bertz CT molecular complexity index is 681. The minimum absolute atomic E-state index is 0.168. The van der Waals surface area contributed by atoms with Crippen LogP contribution in [-0.2, 0) is 22.4 Å². The highest BCUT2D eigenvalue weighted by Gasteiger charge is 2.23. The first-order valence-corrected chi connectivity index (χ1v) is 10.2. The van der Waals surface area contributed by atoms with Crippen molar-refractivity contribution in [3.8, 4) is 0 Å². The normalized spacial score (nSPS) is 15.3. The topological polar surface area (TPSA) is 68.5 Å². The molecular formula is C20H27N3O2S. The molecule has 0 bridgehead atoms. The van der Waals surface area contributed by atoms with Gasteiger partial charge in [0.15, 0.2) is 0 Å². The second kappa shape index (κ2) is 9.80. The Morgan fingerprint density at radius 1 is 1.27 bits per heavy atom. The van der Waals surface area contributed by atoms with Crippen LogP contribution in [0.1, 0.15) is 35.5 Å². The van der Waals surface area contributed by atoms with Gasteiger partial charge in [-0.15, -0.1) is 11.3 Å². The summed E-state index contributed by atoms with van der Waals surface area (Å²) in [5.74, 6) is 0.168. The summed E-state index contributed by atoms with van der Waals surface area (Å²) in [6.07, 6.45) is 4.20. The number of ether oxygens (including phenoxy) is 1. The predicted molar refractivity (Wildman–Crippen MR) is 104 cm³/mol. The van der Waals surface area contributed by atoms with Gasteiger partial charge in [0.1, 0.15) is 0 Å². The molecule has 0 unspecified atom stereocenters. The summed E-state index contributed by atoms with van der Waals surface area (Å²) in [6, 6.07) is 10.3. The van der Waals surface area contributed by atoms with E-state index in [1.54, 1.807) is 11.3 Å². The minimum atomic E-state index is 0.168. The van der Waals surface area contributed by atoms with Crippen molar-refractivity contribution in [3.05, 3.63) is 52.0 Å². The van der Waals surface area contributed by atoms with E-state index in [4.69, 9.17) is 10.5 Å². The highest BCUT2D eigenvalue weighted by atomic mass is 32.1. The molecule has 1 aromatic heterocycles. The molecule has 0 radical (unpaired) electrons. The zero-order valence-electron chi connectivity index (χ0n) is 15.1. The van der Waals surface area contributed by atoms with E-state index in [1.807, 2.05) is 28.5 Å². The molecule has 1 amide bonds. The van der Waals surface area contributed by atoms with Crippen LogP contribution in [0.4, 0.5) is 0 Å². The first-order chi connectivity index (χ1) is 12.7. The molecule has 140 valence electrons. The van der Waals surface area contributed by atoms with Crippen LogP contribution in [0, 0.1) is 0 Å². The molecule has 5 nitrogen and oxygen atoms in total. The molecule has 3 rings (SSSR count). The number of aromatic nitrogens is 1. The molecule has 2 aromatic rings. The second-order valence-corrected chi connectivity index (χ2v) is 7.61. The summed E-state index contributed by atoms with van der Waals surface area (Å²) in [4.78, 5) is 19.1. The van der Waals surface area contributed by atoms with Gasteiger partial charge in [-0.3, -0.25) is 4.79 Å². The summed E-state index contributed by atoms with van der Waals surface area (Å²) in [6.45, 7) is 2.93. The van der Waals surface area contributed by atoms with Gasteiger partial charge in [0.25, 0.3) is 0 Å². The average molecular weight is 374 g/mol. The van der Waals surface area contributed by atoms with Gasteiger partial charge >= 0.3 is 0 Å². The summed E-state index contributed by atoms with van der Waals surface area (Å²) < 4.78 is 5.80. The summed E-state index contributed by atoms with van der Waals surface area (Å²) in [7, 11) is 0. The number of piperidine rings is 1. The van der Waals surface area contributed by atoms with Crippen LogP contribution < -0.4 is 5.73 Å². The lowest BCUT2D eigenvalue weighted by Gasteiger charge is -2.32. The van der Waals surface area contributed by atoms with Gasteiger partial charge in [-0.05, 0) is 31.4 Å². The van der Waals surface area contributed by atoms with Crippen LogP contribution >= 0.6 is 11.3 Å². The van der Waals surface area contributed by atoms with E-state index in [1.165, 1.54) is 5.56 Å². The monoisotopic (exact) mass is 373 g/mol. The Hall–Kier alpha value is -1.76. The van der Waals surface area contributed by atoms with E-state index in [0.717, 1.165) is 56.1 Å². The maximum atomic E-state index is 12.5. The molecule has 0 spiro atoms. The number of carbonyl (C=O) groups is 1. The molecule has 1 saturated heterocycles. The Morgan fingerprint density at radius 3 is 2.77 bits per heavy atom. The van der Waals surface area contributed by atoms with E-state index in [2.05, 4.69) is 17.1 Å². The van der Waals surface area contributed by atoms with Crippen LogP contribution in [0.5, 0.6) is 0 Å². The molecule has 1 aliphatic rings. The van der Waals surface area contributed by atoms with Gasteiger partial charge in [-0.25, -0.2) is 4.98 Å². The van der Waals surface area contributed by atoms with Gasteiger partial charge in [0.05, 0.1) is 23.2 Å². The van der Waals surface area contributed by atoms with Crippen molar-refractivity contribution in [1.82, 2.24) is 9.88 Å². The van der Waals surface area contributed by atoms with Crippen LogP contribution in [0.15, 0.2) is 35.7 Å². The highest BCUT2D eigenvalue weighted by Crippen LogP contribution is 2.18. The number of likely N-dealkylation sites (tertiary alicyclic amines) is 1. The zero-order valence-corrected chi connectivity index (χ0v) is 15.9. The smallest absolute Gasteiger partial charge is 0.228 e. The molecule has 0 saturated carbocycles. The Kier molecular flexibility index (Phi) is 7.17. The van der Waals surface area contributed by atoms with Crippen molar-refractivity contribution < 1.29 is 9.53 Å². The molecule has 2 N–H and O–H groups in total. The number of thiazole rings is 1. The van der Waals surface area contributed by atoms with E-state index in [0.29, 0.717) is 13.0 Å². The van der Waals surface area contributed by atoms with E-state index in [-0.39, 0.29) is 12.0 Å². The third-order valence-electron chi connectivity index (χ3n) is 4.63. The fraction of sp³-hybridized carbons (Fsp3) is 0.500. The average Bonchev–Trinajstić information content (AvgIpc) is 3.10. The van der Waals surface area contributed by atoms with Gasteiger partial charge in [0, 0.05) is 31.5 Å². The number of carbonyl (C=O) groups excluding carboxylic acids is 1. The first kappa shape index (κ1) is 19.0. The summed E-state index contributed by atoms with van der Waals surface area (Å²) >= 11 is 1.63. The van der Waals surface area contributed by atoms with E-state index in [9.17, 15) is 4.79 Å². The number of nitrogens with zero attached hydrogens (tertiary/aromatic N) is 2. The molecule has 2 heterocycles. The molecule has 0 aliphatic carbocycles. The maximum Gasteiger partial charge on any atom is 0.228 e. The van der Waals surface area contributed by atoms with Gasteiger partial charge in [-0.2, -0.15) is 0 Å². The van der Waals surface area contributed by atoms with Crippen LogP contribution in [-0.4, -0.2) is 48.1 Å². The lowest BCUT2D eigenvalue weighted by atomic mass is 10.1. The number of benzene rings is 1. The molecule has 1 aromatic carbocycles. The van der Waals surface area contributed by atoms with Crippen molar-refractivity contribution in [2.24, 2.45) is 5.73 Å².